The van der Waals surface area contributed by atoms with Crippen LogP contribution >= 0.6 is 0 Å². The molecule has 0 radical (unpaired) electrons. The van der Waals surface area contributed by atoms with Gasteiger partial charge < -0.3 is 5.73 Å². The molecular formula is C19H17N3O. The van der Waals surface area contributed by atoms with Crippen LogP contribution < -0.4 is 5.73 Å². The molecule has 0 saturated heterocycles. The number of ketones is 1. The van der Waals surface area contributed by atoms with Crippen LogP contribution in [0.5, 0.6) is 0 Å². The number of rotatable bonds is 3. The van der Waals surface area contributed by atoms with Gasteiger partial charge in [0.05, 0.1) is 5.69 Å². The highest BCUT2D eigenvalue weighted by Gasteiger charge is 2.14. The van der Waals surface area contributed by atoms with E-state index in [1.165, 1.54) is 0 Å². The van der Waals surface area contributed by atoms with Crippen LogP contribution in [0.3, 0.4) is 0 Å². The van der Waals surface area contributed by atoms with E-state index in [2.05, 4.69) is 9.97 Å². The molecule has 2 N–H and O–H groups in total. The summed E-state index contributed by atoms with van der Waals surface area (Å²) in [6, 6.07) is 17.0. The third-order valence-electron chi connectivity index (χ3n) is 3.64. The van der Waals surface area contributed by atoms with Crippen molar-refractivity contribution < 1.29 is 4.79 Å². The van der Waals surface area contributed by atoms with E-state index in [0.717, 1.165) is 16.7 Å². The Morgan fingerprint density at radius 1 is 0.870 bits per heavy atom. The normalized spacial score (nSPS) is 10.5. The lowest BCUT2D eigenvalue weighted by atomic mass is 10.0. The number of nitrogens with two attached hydrogens (primary N) is 1. The fourth-order valence-electron chi connectivity index (χ4n) is 2.31. The molecule has 3 aromatic rings. The number of anilines is 1. The molecule has 114 valence electrons. The van der Waals surface area contributed by atoms with Gasteiger partial charge in [-0.15, -0.1) is 0 Å². The van der Waals surface area contributed by atoms with E-state index in [9.17, 15) is 4.79 Å². The van der Waals surface area contributed by atoms with Crippen LogP contribution in [-0.2, 0) is 0 Å². The van der Waals surface area contributed by atoms with Gasteiger partial charge in [-0.3, -0.25) is 4.79 Å². The fraction of sp³-hybridized carbons (Fsp3) is 0.105. The summed E-state index contributed by atoms with van der Waals surface area (Å²) < 4.78 is 0. The van der Waals surface area contributed by atoms with Crippen LogP contribution in [0.1, 0.15) is 27.2 Å². The van der Waals surface area contributed by atoms with Crippen LogP contribution in [0.25, 0.3) is 11.3 Å². The Morgan fingerprint density at radius 2 is 1.43 bits per heavy atom. The molecule has 1 aromatic heterocycles. The molecule has 0 fully saturated rings. The Bertz CT molecular complexity index is 853. The molecule has 23 heavy (non-hydrogen) atoms. The maximum atomic E-state index is 12.6. The molecule has 3 rings (SSSR count). The molecule has 0 unspecified atom stereocenters. The zero-order valence-electron chi connectivity index (χ0n) is 13.1. The first-order chi connectivity index (χ1) is 11.0. The van der Waals surface area contributed by atoms with Crippen molar-refractivity contribution in [3.05, 3.63) is 77.0 Å². The predicted octanol–water partition coefficient (Wildman–Crippen LogP) is 3.57. The monoisotopic (exact) mass is 303 g/mol. The van der Waals surface area contributed by atoms with Crippen molar-refractivity contribution in [2.75, 3.05) is 5.73 Å². The van der Waals surface area contributed by atoms with Gasteiger partial charge in [0, 0.05) is 11.1 Å². The minimum atomic E-state index is -0.160. The largest absolute Gasteiger partial charge is 0.368 e. The second-order valence-corrected chi connectivity index (χ2v) is 5.56. The molecule has 0 saturated carbocycles. The summed E-state index contributed by atoms with van der Waals surface area (Å²) in [5.74, 6) is -0.0639. The van der Waals surface area contributed by atoms with Crippen molar-refractivity contribution in [1.82, 2.24) is 9.97 Å². The Morgan fingerprint density at radius 3 is 2.04 bits per heavy atom. The van der Waals surface area contributed by atoms with Crippen LogP contribution in [-0.4, -0.2) is 15.8 Å². The van der Waals surface area contributed by atoms with Gasteiger partial charge >= 0.3 is 0 Å². The number of hydrogen-bond donors (Lipinski definition) is 1. The minimum absolute atomic E-state index is 0.0959. The summed E-state index contributed by atoms with van der Waals surface area (Å²) in [4.78, 5) is 20.9. The summed E-state index contributed by atoms with van der Waals surface area (Å²) in [6.07, 6.45) is 0. The number of nitrogens with zero attached hydrogens (tertiary/aromatic N) is 2. The lowest BCUT2D eigenvalue weighted by Gasteiger charge is -2.06. The molecule has 0 aliphatic carbocycles. The summed E-state index contributed by atoms with van der Waals surface area (Å²) >= 11 is 0. The van der Waals surface area contributed by atoms with Gasteiger partial charge in [-0.25, -0.2) is 9.97 Å². The van der Waals surface area contributed by atoms with Gasteiger partial charge in [0.1, 0.15) is 5.69 Å². The number of aromatic nitrogens is 2. The van der Waals surface area contributed by atoms with E-state index < -0.39 is 0 Å². The Labute approximate surface area is 135 Å². The number of nitrogen functional groups attached to an aromatic ring is 1. The summed E-state index contributed by atoms with van der Waals surface area (Å²) in [7, 11) is 0. The first-order valence-corrected chi connectivity index (χ1v) is 7.36. The SMILES string of the molecule is Cc1ccc(C(=O)c2cc(-c3ccc(C)cc3)nc(N)n2)cc1. The third kappa shape index (κ3) is 3.26. The minimum Gasteiger partial charge on any atom is -0.368 e. The van der Waals surface area contributed by atoms with Crippen molar-refractivity contribution in [2.45, 2.75) is 13.8 Å². The fourth-order valence-corrected chi connectivity index (χ4v) is 2.31. The number of benzene rings is 2. The van der Waals surface area contributed by atoms with Gasteiger partial charge in [0.25, 0.3) is 0 Å². The Hall–Kier alpha value is -3.01. The Kier molecular flexibility index (Phi) is 3.89. The topological polar surface area (TPSA) is 68.9 Å². The molecule has 4 heteroatoms. The van der Waals surface area contributed by atoms with Crippen molar-refractivity contribution in [3.8, 4) is 11.3 Å². The molecule has 4 nitrogen and oxygen atoms in total. The maximum absolute atomic E-state index is 12.6. The van der Waals surface area contributed by atoms with Crippen molar-refractivity contribution in [2.24, 2.45) is 0 Å². The average Bonchev–Trinajstić information content (AvgIpc) is 2.55. The third-order valence-corrected chi connectivity index (χ3v) is 3.64. The second-order valence-electron chi connectivity index (χ2n) is 5.56. The van der Waals surface area contributed by atoms with Gasteiger partial charge in [-0.2, -0.15) is 0 Å². The first-order valence-electron chi connectivity index (χ1n) is 7.36. The van der Waals surface area contributed by atoms with E-state index >= 15 is 0 Å². The molecule has 0 aliphatic rings. The lowest BCUT2D eigenvalue weighted by Crippen LogP contribution is -2.08. The number of aryl methyl sites for hydroxylation is 2. The molecule has 0 atom stereocenters. The van der Waals surface area contributed by atoms with Gasteiger partial charge in [-0.1, -0.05) is 59.7 Å². The maximum Gasteiger partial charge on any atom is 0.221 e. The van der Waals surface area contributed by atoms with E-state index in [0.29, 0.717) is 17.0 Å². The molecule has 0 aliphatic heterocycles. The van der Waals surface area contributed by atoms with Crippen LogP contribution in [0, 0.1) is 13.8 Å². The van der Waals surface area contributed by atoms with Gasteiger partial charge in [0.15, 0.2) is 0 Å². The van der Waals surface area contributed by atoms with E-state index in [1.54, 1.807) is 18.2 Å². The zero-order valence-corrected chi connectivity index (χ0v) is 13.1. The van der Waals surface area contributed by atoms with Crippen LogP contribution in [0.4, 0.5) is 5.95 Å². The molecular weight excluding hydrogens is 286 g/mol. The molecule has 0 amide bonds. The predicted molar refractivity (Wildman–Crippen MR) is 91.2 cm³/mol. The smallest absolute Gasteiger partial charge is 0.221 e. The van der Waals surface area contributed by atoms with Crippen LogP contribution in [0.15, 0.2) is 54.6 Å². The highest BCUT2D eigenvalue weighted by Crippen LogP contribution is 2.20. The highest BCUT2D eigenvalue weighted by atomic mass is 16.1. The first kappa shape index (κ1) is 14.9. The molecule has 2 aromatic carbocycles. The van der Waals surface area contributed by atoms with Crippen LogP contribution in [0.2, 0.25) is 0 Å². The zero-order chi connectivity index (χ0) is 16.4. The van der Waals surface area contributed by atoms with E-state index in [-0.39, 0.29) is 11.7 Å². The lowest BCUT2D eigenvalue weighted by molar-refractivity contribution is 0.103. The number of hydrogen-bond acceptors (Lipinski definition) is 4. The highest BCUT2D eigenvalue weighted by molar-refractivity contribution is 6.08. The Balaban J connectivity index is 2.01. The van der Waals surface area contributed by atoms with Crippen molar-refractivity contribution in [1.29, 1.82) is 0 Å². The van der Waals surface area contributed by atoms with Crippen molar-refractivity contribution >= 4 is 11.7 Å². The summed E-state index contributed by atoms with van der Waals surface area (Å²) in [5, 5.41) is 0. The number of carbonyl (C=O) groups is 1. The molecule has 0 bridgehead atoms. The van der Waals surface area contributed by atoms with Gasteiger partial charge in [0.2, 0.25) is 11.7 Å². The van der Waals surface area contributed by atoms with Crippen molar-refractivity contribution in [3.63, 3.8) is 0 Å². The second kappa shape index (κ2) is 6.01. The average molecular weight is 303 g/mol. The summed E-state index contributed by atoms with van der Waals surface area (Å²) in [5.41, 5.74) is 10.5. The number of carbonyl (C=O) groups excluding carboxylic acids is 1. The molecule has 1 heterocycles. The quantitative estimate of drug-likeness (QED) is 0.751. The van der Waals surface area contributed by atoms with E-state index in [1.807, 2.05) is 50.2 Å². The summed E-state index contributed by atoms with van der Waals surface area (Å²) in [6.45, 7) is 4.00. The van der Waals surface area contributed by atoms with Gasteiger partial charge in [-0.05, 0) is 19.9 Å². The van der Waals surface area contributed by atoms with E-state index in [4.69, 9.17) is 5.73 Å². The molecule has 0 spiro atoms. The standard InChI is InChI=1S/C19H17N3O/c1-12-3-7-14(8-4-12)16-11-17(22-19(20)21-16)18(23)15-9-5-13(2)6-10-15/h3-11H,1-2H3,(H2,20,21,22).